The first kappa shape index (κ1) is 14.6. The van der Waals surface area contributed by atoms with Crippen LogP contribution in [0.4, 0.5) is 0 Å². The van der Waals surface area contributed by atoms with Crippen LogP contribution in [-0.4, -0.2) is 12.6 Å². The maximum Gasteiger partial charge on any atom is 0.0453 e. The average Bonchev–Trinajstić information content (AvgIpc) is 2.29. The second-order valence-electron chi connectivity index (χ2n) is 4.06. The Morgan fingerprint density at radius 1 is 1.41 bits per heavy atom. The molecule has 0 aliphatic carbocycles. The van der Waals surface area contributed by atoms with Crippen molar-refractivity contribution in [1.29, 1.82) is 0 Å². The van der Waals surface area contributed by atoms with Crippen LogP contribution in [0.1, 0.15) is 25.3 Å². The monoisotopic (exact) mass is 271 g/mol. The Labute approximate surface area is 114 Å². The van der Waals surface area contributed by atoms with Gasteiger partial charge in [0.1, 0.15) is 0 Å². The van der Waals surface area contributed by atoms with Crippen LogP contribution in [0, 0.1) is 0 Å². The molecule has 17 heavy (non-hydrogen) atoms. The molecule has 0 bridgehead atoms. The highest BCUT2D eigenvalue weighted by molar-refractivity contribution is 6.35. The minimum absolute atomic E-state index is 0.441. The van der Waals surface area contributed by atoms with Gasteiger partial charge in [-0.25, -0.2) is 0 Å². The molecule has 1 aromatic rings. The van der Waals surface area contributed by atoms with Gasteiger partial charge in [-0.3, -0.25) is 0 Å². The highest BCUT2D eigenvalue weighted by Crippen LogP contribution is 2.22. The largest absolute Gasteiger partial charge is 0.314 e. The van der Waals surface area contributed by atoms with Crippen LogP contribution in [0.15, 0.2) is 30.9 Å². The van der Waals surface area contributed by atoms with Crippen LogP contribution in [0.2, 0.25) is 10.0 Å². The SMILES string of the molecule is C=CCCC(Cc1ccc(Cl)cc1Cl)NCC. The topological polar surface area (TPSA) is 12.0 Å². The molecular weight excluding hydrogens is 253 g/mol. The summed E-state index contributed by atoms with van der Waals surface area (Å²) in [6.45, 7) is 6.84. The molecule has 0 heterocycles. The first-order valence-corrected chi connectivity index (χ1v) is 6.71. The maximum absolute atomic E-state index is 6.18. The van der Waals surface area contributed by atoms with E-state index in [4.69, 9.17) is 23.2 Å². The average molecular weight is 272 g/mol. The lowest BCUT2D eigenvalue weighted by Gasteiger charge is -2.18. The van der Waals surface area contributed by atoms with Gasteiger partial charge in [0.25, 0.3) is 0 Å². The third-order valence-corrected chi connectivity index (χ3v) is 3.28. The summed E-state index contributed by atoms with van der Waals surface area (Å²) >= 11 is 12.1. The van der Waals surface area contributed by atoms with Gasteiger partial charge in [-0.1, -0.05) is 42.3 Å². The number of likely N-dealkylation sites (N-methyl/N-ethyl adjacent to an activating group) is 1. The Hall–Kier alpha value is -0.500. The predicted octanol–water partition coefficient (Wildman–Crippen LogP) is 4.48. The molecule has 0 saturated heterocycles. The van der Waals surface area contributed by atoms with Gasteiger partial charge in [0.05, 0.1) is 0 Å². The summed E-state index contributed by atoms with van der Waals surface area (Å²) in [5, 5.41) is 4.90. The third-order valence-electron chi connectivity index (χ3n) is 2.69. The molecular formula is C14H19Cl2N. The minimum atomic E-state index is 0.441. The molecule has 1 aromatic carbocycles. The zero-order valence-corrected chi connectivity index (χ0v) is 11.7. The zero-order valence-electron chi connectivity index (χ0n) is 10.2. The van der Waals surface area contributed by atoms with Gasteiger partial charge in [-0.05, 0) is 43.5 Å². The molecule has 1 rings (SSSR count). The van der Waals surface area contributed by atoms with Crippen molar-refractivity contribution < 1.29 is 0 Å². The number of nitrogens with one attached hydrogen (secondary N) is 1. The van der Waals surface area contributed by atoms with Gasteiger partial charge in [0.2, 0.25) is 0 Å². The third kappa shape index (κ3) is 5.12. The van der Waals surface area contributed by atoms with Gasteiger partial charge < -0.3 is 5.32 Å². The summed E-state index contributed by atoms with van der Waals surface area (Å²) in [4.78, 5) is 0. The molecule has 0 aromatic heterocycles. The van der Waals surface area contributed by atoms with E-state index in [-0.39, 0.29) is 0 Å². The van der Waals surface area contributed by atoms with Gasteiger partial charge in [-0.15, -0.1) is 6.58 Å². The second-order valence-corrected chi connectivity index (χ2v) is 4.90. The molecule has 1 unspecified atom stereocenters. The number of hydrogen-bond acceptors (Lipinski definition) is 1. The highest BCUT2D eigenvalue weighted by Gasteiger charge is 2.10. The Morgan fingerprint density at radius 2 is 2.18 bits per heavy atom. The van der Waals surface area contributed by atoms with E-state index in [2.05, 4.69) is 18.8 Å². The quantitative estimate of drug-likeness (QED) is 0.721. The number of hydrogen-bond donors (Lipinski definition) is 1. The number of halogens is 2. The van der Waals surface area contributed by atoms with Crippen LogP contribution in [-0.2, 0) is 6.42 Å². The fourth-order valence-corrected chi connectivity index (χ4v) is 2.32. The van der Waals surface area contributed by atoms with Crippen molar-refractivity contribution in [3.63, 3.8) is 0 Å². The van der Waals surface area contributed by atoms with Crippen molar-refractivity contribution >= 4 is 23.2 Å². The van der Waals surface area contributed by atoms with E-state index in [1.165, 1.54) is 0 Å². The normalized spacial score (nSPS) is 12.4. The van der Waals surface area contributed by atoms with Crippen molar-refractivity contribution in [2.45, 2.75) is 32.2 Å². The van der Waals surface area contributed by atoms with E-state index in [1.807, 2.05) is 18.2 Å². The molecule has 1 atom stereocenters. The smallest absolute Gasteiger partial charge is 0.0453 e. The van der Waals surface area contributed by atoms with Gasteiger partial charge in [0, 0.05) is 16.1 Å². The fourth-order valence-electron chi connectivity index (χ4n) is 1.84. The molecule has 94 valence electrons. The molecule has 3 heteroatoms. The molecule has 0 aliphatic rings. The van der Waals surface area contributed by atoms with E-state index in [0.717, 1.165) is 36.4 Å². The summed E-state index contributed by atoms with van der Waals surface area (Å²) < 4.78 is 0. The minimum Gasteiger partial charge on any atom is -0.314 e. The van der Waals surface area contributed by atoms with E-state index in [1.54, 1.807) is 6.07 Å². The molecule has 0 fully saturated rings. The second kappa shape index (κ2) is 7.75. The van der Waals surface area contributed by atoms with Crippen LogP contribution < -0.4 is 5.32 Å². The highest BCUT2D eigenvalue weighted by atomic mass is 35.5. The van der Waals surface area contributed by atoms with E-state index in [9.17, 15) is 0 Å². The van der Waals surface area contributed by atoms with Gasteiger partial charge in [0.15, 0.2) is 0 Å². The maximum atomic E-state index is 6.18. The predicted molar refractivity (Wildman–Crippen MR) is 77.1 cm³/mol. The van der Waals surface area contributed by atoms with Crippen LogP contribution in [0.25, 0.3) is 0 Å². The Bertz CT molecular complexity index is 363. The van der Waals surface area contributed by atoms with Crippen molar-refractivity contribution in [2.75, 3.05) is 6.54 Å². The fraction of sp³-hybridized carbons (Fsp3) is 0.429. The summed E-state index contributed by atoms with van der Waals surface area (Å²) in [6.07, 6.45) is 4.98. The number of benzene rings is 1. The Morgan fingerprint density at radius 3 is 2.76 bits per heavy atom. The Balaban J connectivity index is 2.67. The van der Waals surface area contributed by atoms with E-state index >= 15 is 0 Å². The molecule has 0 radical (unpaired) electrons. The van der Waals surface area contributed by atoms with Crippen LogP contribution >= 0.6 is 23.2 Å². The van der Waals surface area contributed by atoms with Crippen molar-refractivity contribution in [3.05, 3.63) is 46.5 Å². The molecule has 0 amide bonds. The van der Waals surface area contributed by atoms with Crippen LogP contribution in [0.3, 0.4) is 0 Å². The molecule has 1 nitrogen and oxygen atoms in total. The summed E-state index contributed by atoms with van der Waals surface area (Å²) in [7, 11) is 0. The van der Waals surface area contributed by atoms with Gasteiger partial charge in [-0.2, -0.15) is 0 Å². The standard InChI is InChI=1S/C14H19Cl2N/c1-3-5-6-13(17-4-2)9-11-7-8-12(15)10-14(11)16/h3,7-8,10,13,17H,1,4-6,9H2,2H3. The van der Waals surface area contributed by atoms with Gasteiger partial charge >= 0.3 is 0 Å². The number of allylic oxidation sites excluding steroid dienone is 1. The summed E-state index contributed by atoms with van der Waals surface area (Å²) in [5.41, 5.74) is 1.14. The lowest BCUT2D eigenvalue weighted by atomic mass is 10.0. The summed E-state index contributed by atoms with van der Waals surface area (Å²) in [6, 6.07) is 6.13. The Kier molecular flexibility index (Phi) is 6.64. The molecule has 1 N–H and O–H groups in total. The van der Waals surface area contributed by atoms with E-state index < -0.39 is 0 Å². The van der Waals surface area contributed by atoms with Crippen LogP contribution in [0.5, 0.6) is 0 Å². The van der Waals surface area contributed by atoms with Crippen molar-refractivity contribution in [1.82, 2.24) is 5.32 Å². The number of rotatable bonds is 7. The van der Waals surface area contributed by atoms with Crippen molar-refractivity contribution in [2.24, 2.45) is 0 Å². The molecule has 0 aliphatic heterocycles. The first-order valence-electron chi connectivity index (χ1n) is 5.95. The zero-order chi connectivity index (χ0) is 12.7. The molecule has 0 spiro atoms. The first-order chi connectivity index (χ1) is 8.17. The molecule has 0 saturated carbocycles. The lowest BCUT2D eigenvalue weighted by molar-refractivity contribution is 0.495. The van der Waals surface area contributed by atoms with Crippen molar-refractivity contribution in [3.8, 4) is 0 Å². The lowest BCUT2D eigenvalue weighted by Crippen LogP contribution is -2.30. The van der Waals surface area contributed by atoms with E-state index in [0.29, 0.717) is 11.1 Å². The summed E-state index contributed by atoms with van der Waals surface area (Å²) in [5.74, 6) is 0.